The molecule has 0 atom stereocenters. The van der Waals surface area contributed by atoms with E-state index in [0.29, 0.717) is 15.7 Å². The van der Waals surface area contributed by atoms with Crippen molar-refractivity contribution in [1.29, 1.82) is 0 Å². The predicted molar refractivity (Wildman–Crippen MR) is 106 cm³/mol. The van der Waals surface area contributed by atoms with Gasteiger partial charge in [-0.1, -0.05) is 35.3 Å². The van der Waals surface area contributed by atoms with Crippen molar-refractivity contribution in [1.82, 2.24) is 9.97 Å². The lowest BCUT2D eigenvalue weighted by atomic mass is 10.1. The zero-order valence-electron chi connectivity index (χ0n) is 14.2. The van der Waals surface area contributed by atoms with Crippen LogP contribution in [0.4, 0.5) is 17.3 Å². The molecule has 0 saturated heterocycles. The molecule has 1 heterocycles. The van der Waals surface area contributed by atoms with E-state index in [0.717, 1.165) is 16.8 Å². The molecule has 132 valence electrons. The number of aryl methyl sites for hydroxylation is 2. The second kappa shape index (κ2) is 7.72. The highest BCUT2D eigenvalue weighted by Crippen LogP contribution is 2.31. The first-order chi connectivity index (χ1) is 12.4. The molecule has 0 saturated carbocycles. The van der Waals surface area contributed by atoms with E-state index in [1.54, 1.807) is 18.2 Å². The zero-order chi connectivity index (χ0) is 18.7. The van der Waals surface area contributed by atoms with Crippen molar-refractivity contribution in [2.24, 2.45) is 0 Å². The third-order valence-electron chi connectivity index (χ3n) is 3.57. The Hall–Kier alpha value is -2.63. The molecule has 26 heavy (non-hydrogen) atoms. The van der Waals surface area contributed by atoms with E-state index >= 15 is 0 Å². The maximum absolute atomic E-state index is 12.5. The number of nitrogens with one attached hydrogen (secondary N) is 2. The summed E-state index contributed by atoms with van der Waals surface area (Å²) in [5, 5.41) is 6.67. The van der Waals surface area contributed by atoms with E-state index in [-0.39, 0.29) is 17.5 Å². The van der Waals surface area contributed by atoms with Crippen LogP contribution in [0.2, 0.25) is 10.0 Å². The molecule has 1 aromatic heterocycles. The highest BCUT2D eigenvalue weighted by Gasteiger charge is 2.12. The van der Waals surface area contributed by atoms with E-state index in [1.807, 2.05) is 32.0 Å². The van der Waals surface area contributed by atoms with Gasteiger partial charge in [0.2, 0.25) is 5.95 Å². The molecular formula is C19H16Cl2N4O. The van der Waals surface area contributed by atoms with Crippen LogP contribution in [-0.4, -0.2) is 15.9 Å². The van der Waals surface area contributed by atoms with E-state index in [9.17, 15) is 4.79 Å². The van der Waals surface area contributed by atoms with Crippen molar-refractivity contribution in [2.45, 2.75) is 13.8 Å². The van der Waals surface area contributed by atoms with Gasteiger partial charge in [0, 0.05) is 11.9 Å². The second-order valence-corrected chi connectivity index (χ2v) is 6.63. The quantitative estimate of drug-likeness (QED) is 0.629. The molecule has 5 nitrogen and oxygen atoms in total. The van der Waals surface area contributed by atoms with E-state index in [4.69, 9.17) is 23.2 Å². The number of carbonyl (C=O) groups excluding carboxylic acids is 1. The Balaban J connectivity index is 1.81. The number of benzene rings is 2. The summed E-state index contributed by atoms with van der Waals surface area (Å²) >= 11 is 12.3. The zero-order valence-corrected chi connectivity index (χ0v) is 15.7. The number of nitrogens with zero attached hydrogens (tertiary/aromatic N) is 2. The first-order valence-corrected chi connectivity index (χ1v) is 8.62. The summed E-state index contributed by atoms with van der Waals surface area (Å²) in [7, 11) is 0. The molecule has 2 N–H and O–H groups in total. The van der Waals surface area contributed by atoms with E-state index < -0.39 is 0 Å². The second-order valence-electron chi connectivity index (χ2n) is 5.82. The lowest BCUT2D eigenvalue weighted by Crippen LogP contribution is -2.15. The summed E-state index contributed by atoms with van der Waals surface area (Å²) in [6.07, 6.45) is 1.50. The van der Waals surface area contributed by atoms with Crippen LogP contribution in [0, 0.1) is 13.8 Å². The number of hydrogen-bond acceptors (Lipinski definition) is 4. The molecule has 2 aromatic carbocycles. The van der Waals surface area contributed by atoms with Crippen LogP contribution in [0.25, 0.3) is 0 Å². The number of aromatic nitrogens is 2. The van der Waals surface area contributed by atoms with Gasteiger partial charge in [-0.15, -0.1) is 0 Å². The molecule has 7 heteroatoms. The van der Waals surface area contributed by atoms with Gasteiger partial charge in [-0.25, -0.2) is 9.97 Å². The smallest absolute Gasteiger partial charge is 0.274 e. The number of hydrogen-bond donors (Lipinski definition) is 2. The maximum atomic E-state index is 12.5. The third kappa shape index (κ3) is 4.31. The van der Waals surface area contributed by atoms with Gasteiger partial charge < -0.3 is 10.6 Å². The van der Waals surface area contributed by atoms with Crippen LogP contribution in [0.3, 0.4) is 0 Å². The molecule has 0 fully saturated rings. The number of para-hydroxylation sites is 1. The summed E-state index contributed by atoms with van der Waals surface area (Å²) in [5.41, 5.74) is 3.57. The van der Waals surface area contributed by atoms with Gasteiger partial charge in [-0.05, 0) is 55.3 Å². The summed E-state index contributed by atoms with van der Waals surface area (Å²) in [4.78, 5) is 20.8. The van der Waals surface area contributed by atoms with Gasteiger partial charge in [-0.3, -0.25) is 4.79 Å². The average Bonchev–Trinajstić information content (AvgIpc) is 2.57. The Morgan fingerprint density at radius 1 is 1.00 bits per heavy atom. The molecule has 3 rings (SSSR count). The first-order valence-electron chi connectivity index (χ1n) is 7.86. The molecule has 0 unspecified atom stereocenters. The molecule has 0 radical (unpaired) electrons. The van der Waals surface area contributed by atoms with Gasteiger partial charge in [0.05, 0.1) is 15.7 Å². The Morgan fingerprint density at radius 2 is 1.65 bits per heavy atom. The molecule has 3 aromatic rings. The van der Waals surface area contributed by atoms with Crippen molar-refractivity contribution in [3.8, 4) is 0 Å². The fourth-order valence-corrected chi connectivity index (χ4v) is 3.01. The predicted octanol–water partition coefficient (Wildman–Crippen LogP) is 5.40. The van der Waals surface area contributed by atoms with Crippen LogP contribution >= 0.6 is 23.2 Å². The Kier molecular flexibility index (Phi) is 5.40. The van der Waals surface area contributed by atoms with Gasteiger partial charge >= 0.3 is 0 Å². The lowest BCUT2D eigenvalue weighted by molar-refractivity contribution is 0.102. The summed E-state index contributed by atoms with van der Waals surface area (Å²) in [5.74, 6) is -0.0984. The maximum Gasteiger partial charge on any atom is 0.274 e. The van der Waals surface area contributed by atoms with E-state index in [1.165, 1.54) is 12.3 Å². The highest BCUT2D eigenvalue weighted by atomic mass is 35.5. The molecule has 0 aliphatic heterocycles. The number of amides is 1. The largest absolute Gasteiger partial charge is 0.322 e. The van der Waals surface area contributed by atoms with E-state index in [2.05, 4.69) is 20.6 Å². The van der Waals surface area contributed by atoms with Gasteiger partial charge in [0.1, 0.15) is 5.69 Å². The fourth-order valence-electron chi connectivity index (χ4n) is 2.52. The summed E-state index contributed by atoms with van der Waals surface area (Å²) in [6.45, 7) is 3.95. The van der Waals surface area contributed by atoms with Crippen molar-refractivity contribution in [3.63, 3.8) is 0 Å². The van der Waals surface area contributed by atoms with Crippen molar-refractivity contribution in [2.75, 3.05) is 10.6 Å². The normalized spacial score (nSPS) is 10.5. The third-order valence-corrected chi connectivity index (χ3v) is 4.20. The molecule has 0 spiro atoms. The van der Waals surface area contributed by atoms with Crippen molar-refractivity contribution >= 4 is 46.4 Å². The van der Waals surface area contributed by atoms with Crippen molar-refractivity contribution in [3.05, 3.63) is 75.5 Å². The van der Waals surface area contributed by atoms with Gasteiger partial charge in [0.25, 0.3) is 5.91 Å². The minimum absolute atomic E-state index is 0.227. The van der Waals surface area contributed by atoms with Crippen LogP contribution in [0.15, 0.2) is 48.7 Å². The van der Waals surface area contributed by atoms with Gasteiger partial charge in [-0.2, -0.15) is 0 Å². The van der Waals surface area contributed by atoms with Gasteiger partial charge in [0.15, 0.2) is 0 Å². The number of rotatable bonds is 4. The highest BCUT2D eigenvalue weighted by molar-refractivity contribution is 6.39. The number of carbonyl (C=O) groups is 1. The van der Waals surface area contributed by atoms with Crippen LogP contribution in [-0.2, 0) is 0 Å². The fraction of sp³-hybridized carbons (Fsp3) is 0.105. The van der Waals surface area contributed by atoms with Crippen molar-refractivity contribution < 1.29 is 4.79 Å². The monoisotopic (exact) mass is 386 g/mol. The molecule has 0 aliphatic carbocycles. The standard InChI is InChI=1S/C19H16Cl2N4O/c1-11-8-12(2)10-13(9-11)23-18(26)16-6-7-22-19(24-16)25-17-14(20)4-3-5-15(17)21/h3-10H,1-2H3,(H,23,26)(H,22,24,25). The Labute approximate surface area is 161 Å². The summed E-state index contributed by atoms with van der Waals surface area (Å²) in [6, 6.07) is 12.5. The average molecular weight is 387 g/mol. The summed E-state index contributed by atoms with van der Waals surface area (Å²) < 4.78 is 0. The first kappa shape index (κ1) is 18.2. The van der Waals surface area contributed by atoms with Crippen LogP contribution < -0.4 is 10.6 Å². The molecular weight excluding hydrogens is 371 g/mol. The number of halogens is 2. The Morgan fingerprint density at radius 3 is 2.31 bits per heavy atom. The Bertz CT molecular complexity index is 935. The van der Waals surface area contributed by atoms with Crippen LogP contribution in [0.1, 0.15) is 21.6 Å². The molecule has 0 bridgehead atoms. The minimum atomic E-state index is -0.328. The van der Waals surface area contributed by atoms with Crippen LogP contribution in [0.5, 0.6) is 0 Å². The minimum Gasteiger partial charge on any atom is -0.322 e. The number of anilines is 3. The lowest BCUT2D eigenvalue weighted by Gasteiger charge is -2.10. The SMILES string of the molecule is Cc1cc(C)cc(NC(=O)c2ccnc(Nc3c(Cl)cccc3Cl)n2)c1. The topological polar surface area (TPSA) is 66.9 Å². The molecule has 1 amide bonds. The molecule has 0 aliphatic rings.